The molecular weight excluding hydrogens is 468 g/mol. The van der Waals surface area contributed by atoms with Gasteiger partial charge in [-0.25, -0.2) is 4.68 Å². The maximum Gasteiger partial charge on any atom is 0.264 e. The van der Waals surface area contributed by atoms with E-state index in [9.17, 15) is 4.79 Å². The molecule has 2 aromatic heterocycles. The minimum absolute atomic E-state index is 0.0944. The maximum atomic E-state index is 13.4. The standard InChI is InChI=1S/C26H27ClN4O2S/c1-17-6-4-5-7-22(17)31-26-21(18(2)28-31)15-24(34-26)25(32)30-12-10-29(11-13-30)16-19-14-20(27)8-9-23(19)33-3/h4-9,14-15H,10-13,16H2,1-3H3. The van der Waals surface area contributed by atoms with E-state index in [1.807, 2.05) is 52.9 Å². The number of halogens is 1. The quantitative estimate of drug-likeness (QED) is 0.376. The minimum atomic E-state index is 0.0944. The highest BCUT2D eigenvalue weighted by atomic mass is 35.5. The Bertz CT molecular complexity index is 1350. The third kappa shape index (κ3) is 4.31. The van der Waals surface area contributed by atoms with Crippen LogP contribution >= 0.6 is 22.9 Å². The zero-order chi connectivity index (χ0) is 23.8. The molecule has 0 bridgehead atoms. The van der Waals surface area contributed by atoms with Crippen molar-refractivity contribution in [3.05, 3.63) is 75.3 Å². The second-order valence-electron chi connectivity index (χ2n) is 8.64. The van der Waals surface area contributed by atoms with E-state index < -0.39 is 0 Å². The molecule has 3 heterocycles. The Morgan fingerprint density at radius 1 is 1.09 bits per heavy atom. The molecule has 0 radical (unpaired) electrons. The molecule has 6 nitrogen and oxygen atoms in total. The zero-order valence-corrected chi connectivity index (χ0v) is 21.1. The maximum absolute atomic E-state index is 13.4. The van der Waals surface area contributed by atoms with Crippen molar-refractivity contribution in [3.63, 3.8) is 0 Å². The topological polar surface area (TPSA) is 50.6 Å². The highest BCUT2D eigenvalue weighted by molar-refractivity contribution is 7.20. The van der Waals surface area contributed by atoms with Crippen LogP contribution in [0.4, 0.5) is 0 Å². The molecule has 1 fully saturated rings. The average Bonchev–Trinajstić information content (AvgIpc) is 3.40. The van der Waals surface area contributed by atoms with Crippen LogP contribution in [0.2, 0.25) is 5.02 Å². The van der Waals surface area contributed by atoms with E-state index in [0.29, 0.717) is 18.1 Å². The molecule has 0 aliphatic carbocycles. The molecule has 4 aromatic rings. The third-order valence-corrected chi connectivity index (χ3v) is 7.73. The van der Waals surface area contributed by atoms with Gasteiger partial charge in [0.05, 0.1) is 23.4 Å². The number of aromatic nitrogens is 2. The monoisotopic (exact) mass is 494 g/mol. The number of aryl methyl sites for hydroxylation is 2. The SMILES string of the molecule is COc1ccc(Cl)cc1CN1CCN(C(=O)c2cc3c(C)nn(-c4ccccc4C)c3s2)CC1. The van der Waals surface area contributed by atoms with Gasteiger partial charge >= 0.3 is 0 Å². The van der Waals surface area contributed by atoms with Gasteiger partial charge in [-0.1, -0.05) is 29.8 Å². The lowest BCUT2D eigenvalue weighted by atomic mass is 10.1. The molecule has 176 valence electrons. The molecule has 34 heavy (non-hydrogen) atoms. The zero-order valence-electron chi connectivity index (χ0n) is 19.5. The lowest BCUT2D eigenvalue weighted by Crippen LogP contribution is -2.48. The molecule has 0 unspecified atom stereocenters. The first-order valence-corrected chi connectivity index (χ1v) is 12.5. The van der Waals surface area contributed by atoms with Gasteiger partial charge in [-0.05, 0) is 49.7 Å². The number of piperazine rings is 1. The Morgan fingerprint density at radius 3 is 2.59 bits per heavy atom. The van der Waals surface area contributed by atoms with Gasteiger partial charge in [0.25, 0.3) is 5.91 Å². The number of fused-ring (bicyclic) bond motifs is 1. The van der Waals surface area contributed by atoms with Gasteiger partial charge in [-0.15, -0.1) is 11.3 Å². The summed E-state index contributed by atoms with van der Waals surface area (Å²) < 4.78 is 7.45. The van der Waals surface area contributed by atoms with E-state index in [0.717, 1.165) is 63.0 Å². The summed E-state index contributed by atoms with van der Waals surface area (Å²) >= 11 is 7.71. The molecule has 0 saturated carbocycles. The molecule has 0 atom stereocenters. The highest BCUT2D eigenvalue weighted by Gasteiger charge is 2.25. The first-order valence-electron chi connectivity index (χ1n) is 11.3. The first-order chi connectivity index (χ1) is 16.4. The predicted octanol–water partition coefficient (Wildman–Crippen LogP) is 5.32. The fourth-order valence-electron chi connectivity index (χ4n) is 4.49. The summed E-state index contributed by atoms with van der Waals surface area (Å²) in [5, 5.41) is 6.49. The van der Waals surface area contributed by atoms with Gasteiger partial charge in [-0.3, -0.25) is 9.69 Å². The Morgan fingerprint density at radius 2 is 1.85 bits per heavy atom. The fraction of sp³-hybridized carbons (Fsp3) is 0.308. The van der Waals surface area contributed by atoms with E-state index in [4.69, 9.17) is 21.4 Å². The number of para-hydroxylation sites is 1. The highest BCUT2D eigenvalue weighted by Crippen LogP contribution is 2.32. The van der Waals surface area contributed by atoms with Crippen LogP contribution in [-0.4, -0.2) is 58.8 Å². The number of hydrogen-bond acceptors (Lipinski definition) is 5. The van der Waals surface area contributed by atoms with E-state index in [-0.39, 0.29) is 5.91 Å². The van der Waals surface area contributed by atoms with Crippen molar-refractivity contribution in [2.45, 2.75) is 20.4 Å². The normalized spacial score (nSPS) is 14.6. The van der Waals surface area contributed by atoms with E-state index in [1.165, 1.54) is 11.3 Å². The lowest BCUT2D eigenvalue weighted by molar-refractivity contribution is 0.0632. The number of benzene rings is 2. The summed E-state index contributed by atoms with van der Waals surface area (Å²) in [5.74, 6) is 0.933. The van der Waals surface area contributed by atoms with Gasteiger partial charge in [-0.2, -0.15) is 5.10 Å². The molecule has 2 aromatic carbocycles. The molecule has 1 amide bonds. The number of nitrogens with zero attached hydrogens (tertiary/aromatic N) is 4. The number of carbonyl (C=O) groups excluding carboxylic acids is 1. The summed E-state index contributed by atoms with van der Waals surface area (Å²) in [6, 6.07) is 15.9. The molecular formula is C26H27ClN4O2S. The van der Waals surface area contributed by atoms with Crippen LogP contribution in [0.15, 0.2) is 48.5 Å². The number of amides is 1. The summed E-state index contributed by atoms with van der Waals surface area (Å²) in [6.07, 6.45) is 0. The van der Waals surface area contributed by atoms with Crippen LogP contribution in [0.1, 0.15) is 26.5 Å². The molecule has 1 aliphatic heterocycles. The second-order valence-corrected chi connectivity index (χ2v) is 10.1. The summed E-state index contributed by atoms with van der Waals surface area (Å²) in [7, 11) is 1.67. The molecule has 0 spiro atoms. The van der Waals surface area contributed by atoms with Gasteiger partial charge < -0.3 is 9.64 Å². The Labute approximate surface area is 208 Å². The first kappa shape index (κ1) is 22.9. The van der Waals surface area contributed by atoms with Crippen molar-refractivity contribution in [3.8, 4) is 11.4 Å². The van der Waals surface area contributed by atoms with Gasteiger partial charge in [0.15, 0.2) is 0 Å². The third-order valence-electron chi connectivity index (χ3n) is 6.39. The number of thiophene rings is 1. The molecule has 5 rings (SSSR count). The van der Waals surface area contributed by atoms with Gasteiger partial charge in [0, 0.05) is 48.7 Å². The van der Waals surface area contributed by atoms with Crippen molar-refractivity contribution in [2.24, 2.45) is 0 Å². The van der Waals surface area contributed by atoms with Crippen LogP contribution in [0, 0.1) is 13.8 Å². The van der Waals surface area contributed by atoms with Crippen LogP contribution in [0.5, 0.6) is 5.75 Å². The smallest absolute Gasteiger partial charge is 0.264 e. The van der Waals surface area contributed by atoms with Crippen molar-refractivity contribution >= 4 is 39.1 Å². The van der Waals surface area contributed by atoms with E-state index >= 15 is 0 Å². The Balaban J connectivity index is 1.31. The number of rotatable bonds is 5. The molecule has 1 aliphatic rings. The van der Waals surface area contributed by atoms with Gasteiger partial charge in [0.1, 0.15) is 10.6 Å². The Kier molecular flexibility index (Phi) is 6.34. The average molecular weight is 495 g/mol. The van der Waals surface area contributed by atoms with Crippen LogP contribution in [-0.2, 0) is 6.54 Å². The van der Waals surface area contributed by atoms with E-state index in [1.54, 1.807) is 7.11 Å². The number of carbonyl (C=O) groups is 1. The summed E-state index contributed by atoms with van der Waals surface area (Å²) in [5.41, 5.74) is 4.21. The second kappa shape index (κ2) is 9.41. The van der Waals surface area contributed by atoms with Crippen LogP contribution in [0.3, 0.4) is 0 Å². The number of hydrogen-bond donors (Lipinski definition) is 0. The summed E-state index contributed by atoms with van der Waals surface area (Å²) in [4.78, 5) is 19.4. The molecule has 1 saturated heterocycles. The Hall–Kier alpha value is -2.87. The van der Waals surface area contributed by atoms with Gasteiger partial charge in [0.2, 0.25) is 0 Å². The van der Waals surface area contributed by atoms with Crippen molar-refractivity contribution in [2.75, 3.05) is 33.3 Å². The van der Waals surface area contributed by atoms with E-state index in [2.05, 4.69) is 24.0 Å². The largest absolute Gasteiger partial charge is 0.496 e. The van der Waals surface area contributed by atoms with Crippen molar-refractivity contribution < 1.29 is 9.53 Å². The lowest BCUT2D eigenvalue weighted by Gasteiger charge is -2.34. The van der Waals surface area contributed by atoms with Crippen molar-refractivity contribution in [1.29, 1.82) is 0 Å². The molecule has 8 heteroatoms. The minimum Gasteiger partial charge on any atom is -0.496 e. The van der Waals surface area contributed by atoms with Crippen LogP contribution < -0.4 is 4.74 Å². The predicted molar refractivity (Wildman–Crippen MR) is 138 cm³/mol. The molecule has 0 N–H and O–H groups in total. The number of methoxy groups -OCH3 is 1. The summed E-state index contributed by atoms with van der Waals surface area (Å²) in [6.45, 7) is 7.83. The fourth-order valence-corrected chi connectivity index (χ4v) is 5.83. The number of ether oxygens (including phenoxy) is 1. The van der Waals surface area contributed by atoms with Crippen LogP contribution in [0.25, 0.3) is 15.9 Å². The van der Waals surface area contributed by atoms with Crippen molar-refractivity contribution in [1.82, 2.24) is 19.6 Å².